The Labute approximate surface area is 182 Å². The van der Waals surface area contributed by atoms with E-state index >= 15 is 0 Å². The highest BCUT2D eigenvalue weighted by Crippen LogP contribution is 2.21. The van der Waals surface area contributed by atoms with Crippen molar-refractivity contribution in [3.63, 3.8) is 0 Å². The molecular formula is C27H35N3. The quantitative estimate of drug-likeness (QED) is 0.296. The minimum atomic E-state index is 0.906. The maximum Gasteiger partial charge on any atom is 0.0886 e. The van der Waals surface area contributed by atoms with Crippen LogP contribution in [-0.4, -0.2) is 15.0 Å². The molecule has 3 aromatic heterocycles. The molecule has 0 N–H and O–H groups in total. The lowest BCUT2D eigenvalue weighted by Crippen LogP contribution is -1.93. The van der Waals surface area contributed by atoms with E-state index in [1.165, 1.54) is 62.5 Å². The zero-order valence-electron chi connectivity index (χ0n) is 18.6. The summed E-state index contributed by atoms with van der Waals surface area (Å²) in [5.41, 5.74) is 6.48. The summed E-state index contributed by atoms with van der Waals surface area (Å²) in [6.45, 7) is 4.49. The zero-order chi connectivity index (χ0) is 21.0. The number of rotatable bonds is 12. The standard InChI is InChI=1S/C27H35N3/c1-3-5-7-9-11-22-13-16-25(28-19-22)24-15-18-27(30-21-24)26-17-14-23(20-29-26)12-10-8-6-4-2/h13-21H,3-12H2,1-2H3. The average molecular weight is 402 g/mol. The van der Waals surface area contributed by atoms with Gasteiger partial charge in [-0.25, -0.2) is 0 Å². The van der Waals surface area contributed by atoms with Gasteiger partial charge in [-0.2, -0.15) is 0 Å². The summed E-state index contributed by atoms with van der Waals surface area (Å²) in [7, 11) is 0. The summed E-state index contributed by atoms with van der Waals surface area (Å²) in [5.74, 6) is 0. The number of aromatic nitrogens is 3. The van der Waals surface area contributed by atoms with Crippen molar-refractivity contribution in [2.24, 2.45) is 0 Å². The minimum Gasteiger partial charge on any atom is -0.256 e. The third-order valence-corrected chi connectivity index (χ3v) is 5.61. The van der Waals surface area contributed by atoms with Gasteiger partial charge in [-0.15, -0.1) is 0 Å². The van der Waals surface area contributed by atoms with Gasteiger partial charge in [-0.3, -0.25) is 15.0 Å². The molecule has 0 unspecified atom stereocenters. The molecule has 0 saturated heterocycles. The number of nitrogens with zero attached hydrogens (tertiary/aromatic N) is 3. The van der Waals surface area contributed by atoms with E-state index in [9.17, 15) is 0 Å². The highest BCUT2D eigenvalue weighted by molar-refractivity contribution is 5.62. The van der Waals surface area contributed by atoms with Gasteiger partial charge >= 0.3 is 0 Å². The van der Waals surface area contributed by atoms with E-state index in [1.807, 2.05) is 24.7 Å². The molecular weight excluding hydrogens is 366 g/mol. The first kappa shape index (κ1) is 22.1. The summed E-state index contributed by atoms with van der Waals surface area (Å²) in [4.78, 5) is 13.9. The molecule has 0 amide bonds. The molecule has 0 bridgehead atoms. The number of unbranched alkanes of at least 4 members (excludes halogenated alkanes) is 6. The van der Waals surface area contributed by atoms with Gasteiger partial charge in [0.15, 0.2) is 0 Å². The normalized spacial score (nSPS) is 11.0. The van der Waals surface area contributed by atoms with Crippen molar-refractivity contribution >= 4 is 0 Å². The number of hydrogen-bond donors (Lipinski definition) is 0. The van der Waals surface area contributed by atoms with Gasteiger partial charge in [0.25, 0.3) is 0 Å². The van der Waals surface area contributed by atoms with Crippen molar-refractivity contribution in [2.45, 2.75) is 78.1 Å². The van der Waals surface area contributed by atoms with E-state index in [0.717, 1.165) is 35.5 Å². The molecule has 0 fully saturated rings. The molecule has 3 aromatic rings. The first-order valence-electron chi connectivity index (χ1n) is 11.7. The van der Waals surface area contributed by atoms with Gasteiger partial charge in [0, 0.05) is 24.2 Å². The second kappa shape index (κ2) is 12.2. The topological polar surface area (TPSA) is 38.7 Å². The Morgan fingerprint density at radius 3 is 1.43 bits per heavy atom. The van der Waals surface area contributed by atoms with Crippen molar-refractivity contribution in [1.82, 2.24) is 15.0 Å². The van der Waals surface area contributed by atoms with Gasteiger partial charge in [-0.1, -0.05) is 64.5 Å². The summed E-state index contributed by atoms with van der Waals surface area (Å²) in [5, 5.41) is 0. The van der Waals surface area contributed by atoms with Crippen LogP contribution >= 0.6 is 0 Å². The number of hydrogen-bond acceptors (Lipinski definition) is 3. The monoisotopic (exact) mass is 401 g/mol. The Kier molecular flexibility index (Phi) is 9.02. The first-order chi connectivity index (χ1) is 14.8. The Morgan fingerprint density at radius 1 is 0.500 bits per heavy atom. The van der Waals surface area contributed by atoms with Crippen LogP contribution in [0.3, 0.4) is 0 Å². The predicted octanol–water partition coefficient (Wildman–Crippen LogP) is 7.45. The van der Waals surface area contributed by atoms with Gasteiger partial charge in [-0.05, 0) is 61.1 Å². The molecule has 0 spiro atoms. The molecule has 0 aromatic carbocycles. The Bertz CT molecular complexity index is 778. The first-order valence-corrected chi connectivity index (χ1v) is 11.7. The fraction of sp³-hybridized carbons (Fsp3) is 0.444. The Balaban J connectivity index is 1.56. The van der Waals surface area contributed by atoms with Gasteiger partial charge in [0.1, 0.15) is 0 Å². The molecule has 0 aliphatic carbocycles. The van der Waals surface area contributed by atoms with E-state index in [2.05, 4.69) is 59.1 Å². The fourth-order valence-corrected chi connectivity index (χ4v) is 3.68. The molecule has 0 atom stereocenters. The van der Waals surface area contributed by atoms with Crippen LogP contribution in [0.25, 0.3) is 22.6 Å². The SMILES string of the molecule is CCCCCCc1ccc(-c2ccc(-c3ccc(CCCCCC)cn3)nc2)nc1. The van der Waals surface area contributed by atoms with E-state index in [1.54, 1.807) is 0 Å². The van der Waals surface area contributed by atoms with Crippen LogP contribution in [0, 0.1) is 0 Å². The molecule has 0 saturated carbocycles. The molecule has 30 heavy (non-hydrogen) atoms. The molecule has 0 aliphatic heterocycles. The third-order valence-electron chi connectivity index (χ3n) is 5.61. The predicted molar refractivity (Wildman–Crippen MR) is 126 cm³/mol. The van der Waals surface area contributed by atoms with Crippen LogP contribution in [-0.2, 0) is 12.8 Å². The van der Waals surface area contributed by atoms with Crippen molar-refractivity contribution in [3.05, 3.63) is 66.1 Å². The van der Waals surface area contributed by atoms with Crippen LogP contribution in [0.1, 0.15) is 76.3 Å². The average Bonchev–Trinajstić information content (AvgIpc) is 2.81. The van der Waals surface area contributed by atoms with E-state index < -0.39 is 0 Å². The van der Waals surface area contributed by atoms with Gasteiger partial charge in [0.2, 0.25) is 0 Å². The lowest BCUT2D eigenvalue weighted by atomic mass is 10.1. The smallest absolute Gasteiger partial charge is 0.0886 e. The van der Waals surface area contributed by atoms with Crippen LogP contribution in [0.5, 0.6) is 0 Å². The lowest BCUT2D eigenvalue weighted by molar-refractivity contribution is 0.666. The molecule has 0 radical (unpaired) electrons. The van der Waals surface area contributed by atoms with Crippen LogP contribution < -0.4 is 0 Å². The van der Waals surface area contributed by atoms with E-state index in [0.29, 0.717) is 0 Å². The molecule has 158 valence electrons. The highest BCUT2D eigenvalue weighted by atomic mass is 14.8. The molecule has 3 heteroatoms. The molecule has 3 rings (SSSR count). The van der Waals surface area contributed by atoms with Crippen LogP contribution in [0.15, 0.2) is 55.0 Å². The van der Waals surface area contributed by atoms with E-state index in [-0.39, 0.29) is 0 Å². The van der Waals surface area contributed by atoms with Crippen LogP contribution in [0.4, 0.5) is 0 Å². The maximum absolute atomic E-state index is 4.65. The van der Waals surface area contributed by atoms with Crippen molar-refractivity contribution in [2.75, 3.05) is 0 Å². The molecule has 3 heterocycles. The summed E-state index contributed by atoms with van der Waals surface area (Å²) in [6.07, 6.45) is 18.4. The number of pyridine rings is 3. The van der Waals surface area contributed by atoms with Crippen molar-refractivity contribution in [3.8, 4) is 22.6 Å². The second-order valence-corrected chi connectivity index (χ2v) is 8.16. The zero-order valence-corrected chi connectivity index (χ0v) is 18.6. The van der Waals surface area contributed by atoms with E-state index in [4.69, 9.17) is 0 Å². The fourth-order valence-electron chi connectivity index (χ4n) is 3.68. The van der Waals surface area contributed by atoms with Crippen LogP contribution in [0.2, 0.25) is 0 Å². The van der Waals surface area contributed by atoms with Crippen molar-refractivity contribution in [1.29, 1.82) is 0 Å². The summed E-state index contributed by atoms with van der Waals surface area (Å²) >= 11 is 0. The minimum absolute atomic E-state index is 0.906. The highest BCUT2D eigenvalue weighted by Gasteiger charge is 2.05. The third kappa shape index (κ3) is 6.76. The molecule has 3 nitrogen and oxygen atoms in total. The largest absolute Gasteiger partial charge is 0.256 e. The van der Waals surface area contributed by atoms with Crippen molar-refractivity contribution < 1.29 is 0 Å². The second-order valence-electron chi connectivity index (χ2n) is 8.16. The van der Waals surface area contributed by atoms with Gasteiger partial charge < -0.3 is 0 Å². The lowest BCUT2D eigenvalue weighted by Gasteiger charge is -2.06. The maximum atomic E-state index is 4.65. The van der Waals surface area contributed by atoms with Gasteiger partial charge in [0.05, 0.1) is 17.1 Å². The summed E-state index contributed by atoms with van der Waals surface area (Å²) < 4.78 is 0. The summed E-state index contributed by atoms with van der Waals surface area (Å²) in [6, 6.07) is 12.7. The Morgan fingerprint density at radius 2 is 1.00 bits per heavy atom. The molecule has 0 aliphatic rings. The Hall–Kier alpha value is -2.55. The number of aryl methyl sites for hydroxylation is 2.